The van der Waals surface area contributed by atoms with E-state index in [4.69, 9.17) is 11.6 Å². The van der Waals surface area contributed by atoms with Gasteiger partial charge in [-0.2, -0.15) is 0 Å². The number of amides is 4. The first kappa shape index (κ1) is 17.8. The minimum absolute atomic E-state index is 0.328. The third-order valence-electron chi connectivity index (χ3n) is 4.00. The van der Waals surface area contributed by atoms with Crippen LogP contribution in [-0.2, 0) is 9.59 Å². The van der Waals surface area contributed by atoms with Crippen molar-refractivity contribution in [2.45, 2.75) is 13.8 Å². The van der Waals surface area contributed by atoms with E-state index in [1.807, 2.05) is 32.0 Å². The number of barbiturate groups is 1. The van der Waals surface area contributed by atoms with E-state index in [9.17, 15) is 14.4 Å². The molecule has 0 aliphatic carbocycles. The number of hydrogen-bond donors (Lipinski definition) is 1. The predicted octanol–water partition coefficient (Wildman–Crippen LogP) is 3.56. The maximum absolute atomic E-state index is 12.7. The molecular weight excluding hydrogens is 354 g/mol. The standard InChI is InChI=1S/C19H16ClN3O3/c1-11-3-8-16(12(2)9-11)21-10-15-17(24)22-19(26)23(18(15)25)14-6-4-13(20)5-7-14/h3-10,15H,1-2H3,(H,22,24,26)/t15-/m0/s1. The molecule has 3 rings (SSSR count). The average molecular weight is 370 g/mol. The average Bonchev–Trinajstić information content (AvgIpc) is 2.57. The number of nitrogens with zero attached hydrogens (tertiary/aromatic N) is 2. The molecule has 0 unspecified atom stereocenters. The summed E-state index contributed by atoms with van der Waals surface area (Å²) in [6.45, 7) is 3.86. The lowest BCUT2D eigenvalue weighted by Gasteiger charge is -2.28. The molecular formula is C19H16ClN3O3. The smallest absolute Gasteiger partial charge is 0.276 e. The van der Waals surface area contributed by atoms with Crippen molar-refractivity contribution in [2.24, 2.45) is 10.9 Å². The van der Waals surface area contributed by atoms with Gasteiger partial charge in [0, 0.05) is 11.2 Å². The molecule has 1 aliphatic heterocycles. The number of imide groups is 2. The summed E-state index contributed by atoms with van der Waals surface area (Å²) >= 11 is 5.84. The van der Waals surface area contributed by atoms with Gasteiger partial charge < -0.3 is 0 Å². The van der Waals surface area contributed by atoms with E-state index in [0.717, 1.165) is 16.0 Å². The van der Waals surface area contributed by atoms with Crippen molar-refractivity contribution in [3.63, 3.8) is 0 Å². The van der Waals surface area contributed by atoms with E-state index < -0.39 is 23.8 Å². The van der Waals surface area contributed by atoms with Crippen LogP contribution in [0.5, 0.6) is 0 Å². The van der Waals surface area contributed by atoms with Gasteiger partial charge in [-0.25, -0.2) is 9.69 Å². The molecule has 1 N–H and O–H groups in total. The Labute approximate surface area is 155 Å². The Hall–Kier alpha value is -2.99. The van der Waals surface area contributed by atoms with Crippen LogP contribution >= 0.6 is 11.6 Å². The van der Waals surface area contributed by atoms with Crippen molar-refractivity contribution in [1.29, 1.82) is 0 Å². The maximum atomic E-state index is 12.7. The minimum atomic E-state index is -1.19. The number of halogens is 1. The number of rotatable bonds is 3. The number of carbonyl (C=O) groups excluding carboxylic acids is 3. The lowest BCUT2D eigenvalue weighted by atomic mass is 10.1. The van der Waals surface area contributed by atoms with Crippen LogP contribution in [0.25, 0.3) is 0 Å². The molecule has 26 heavy (non-hydrogen) atoms. The van der Waals surface area contributed by atoms with E-state index in [0.29, 0.717) is 16.4 Å². The molecule has 7 heteroatoms. The van der Waals surface area contributed by atoms with Gasteiger partial charge in [0.1, 0.15) is 0 Å². The van der Waals surface area contributed by atoms with Gasteiger partial charge in [-0.3, -0.25) is 19.9 Å². The molecule has 0 bridgehead atoms. The highest BCUT2D eigenvalue weighted by Gasteiger charge is 2.40. The fourth-order valence-corrected chi connectivity index (χ4v) is 2.79. The number of urea groups is 1. The highest BCUT2D eigenvalue weighted by atomic mass is 35.5. The zero-order valence-corrected chi connectivity index (χ0v) is 14.9. The summed E-state index contributed by atoms with van der Waals surface area (Å²) in [6, 6.07) is 11.1. The fourth-order valence-electron chi connectivity index (χ4n) is 2.66. The van der Waals surface area contributed by atoms with Crippen LogP contribution in [0.2, 0.25) is 5.02 Å². The van der Waals surface area contributed by atoms with Gasteiger partial charge in [0.05, 0.1) is 11.4 Å². The van der Waals surface area contributed by atoms with E-state index in [2.05, 4.69) is 10.3 Å². The molecule has 0 aromatic heterocycles. The lowest BCUT2D eigenvalue weighted by molar-refractivity contribution is -0.131. The maximum Gasteiger partial charge on any atom is 0.335 e. The molecule has 6 nitrogen and oxygen atoms in total. The zero-order valence-electron chi connectivity index (χ0n) is 14.2. The third kappa shape index (κ3) is 3.50. The first-order valence-electron chi connectivity index (χ1n) is 7.92. The SMILES string of the molecule is Cc1ccc(N=C[C@H]2C(=O)NC(=O)N(c3ccc(Cl)cc3)C2=O)c(C)c1. The van der Waals surface area contributed by atoms with E-state index in [-0.39, 0.29) is 0 Å². The Bertz CT molecular complexity index is 922. The number of aryl methyl sites for hydroxylation is 2. The summed E-state index contributed by atoms with van der Waals surface area (Å²) in [5.41, 5.74) is 3.00. The molecule has 132 valence electrons. The second kappa shape index (κ2) is 7.09. The fraction of sp³-hybridized carbons (Fsp3) is 0.158. The van der Waals surface area contributed by atoms with Gasteiger partial charge in [-0.1, -0.05) is 29.3 Å². The predicted molar refractivity (Wildman–Crippen MR) is 100 cm³/mol. The summed E-state index contributed by atoms with van der Waals surface area (Å²) in [7, 11) is 0. The second-order valence-electron chi connectivity index (χ2n) is 5.99. The number of carbonyl (C=O) groups is 3. The Morgan fingerprint density at radius 2 is 1.77 bits per heavy atom. The Kier molecular flexibility index (Phi) is 4.86. The van der Waals surface area contributed by atoms with E-state index in [1.54, 1.807) is 12.1 Å². The minimum Gasteiger partial charge on any atom is -0.276 e. The molecule has 1 heterocycles. The lowest BCUT2D eigenvalue weighted by Crippen LogP contribution is -2.58. The summed E-state index contributed by atoms with van der Waals surface area (Å²) in [5, 5.41) is 2.66. The molecule has 4 amide bonds. The molecule has 1 atom stereocenters. The van der Waals surface area contributed by atoms with Crippen molar-refractivity contribution < 1.29 is 14.4 Å². The number of nitrogens with one attached hydrogen (secondary N) is 1. The van der Waals surface area contributed by atoms with Crippen LogP contribution in [0.15, 0.2) is 47.5 Å². The summed E-state index contributed by atoms with van der Waals surface area (Å²) in [5.74, 6) is -2.54. The molecule has 0 spiro atoms. The highest BCUT2D eigenvalue weighted by molar-refractivity contribution is 6.33. The molecule has 2 aromatic carbocycles. The molecule has 1 fully saturated rings. The van der Waals surface area contributed by atoms with Gasteiger partial charge in [-0.05, 0) is 49.7 Å². The van der Waals surface area contributed by atoms with Gasteiger partial charge in [-0.15, -0.1) is 0 Å². The normalized spacial score (nSPS) is 17.7. The second-order valence-corrected chi connectivity index (χ2v) is 6.43. The van der Waals surface area contributed by atoms with Crippen molar-refractivity contribution in [3.8, 4) is 0 Å². The summed E-state index contributed by atoms with van der Waals surface area (Å²) in [4.78, 5) is 42.1. The van der Waals surface area contributed by atoms with E-state index in [1.165, 1.54) is 18.3 Å². The van der Waals surface area contributed by atoms with Gasteiger partial charge in [0.15, 0.2) is 5.92 Å². The molecule has 0 saturated carbocycles. The van der Waals surface area contributed by atoms with Crippen molar-refractivity contribution >= 4 is 47.0 Å². The van der Waals surface area contributed by atoms with Gasteiger partial charge >= 0.3 is 6.03 Å². The highest BCUT2D eigenvalue weighted by Crippen LogP contribution is 2.23. The van der Waals surface area contributed by atoms with Crippen molar-refractivity contribution in [2.75, 3.05) is 4.90 Å². The van der Waals surface area contributed by atoms with Gasteiger partial charge in [0.2, 0.25) is 5.91 Å². The van der Waals surface area contributed by atoms with Crippen LogP contribution in [0.4, 0.5) is 16.2 Å². The zero-order chi connectivity index (χ0) is 18.8. The van der Waals surface area contributed by atoms with Gasteiger partial charge in [0.25, 0.3) is 5.91 Å². The largest absolute Gasteiger partial charge is 0.335 e. The number of anilines is 1. The number of benzene rings is 2. The van der Waals surface area contributed by atoms with Crippen LogP contribution < -0.4 is 10.2 Å². The first-order valence-corrected chi connectivity index (χ1v) is 8.30. The quantitative estimate of drug-likeness (QED) is 0.663. The molecule has 0 radical (unpaired) electrons. The topological polar surface area (TPSA) is 78.8 Å². The third-order valence-corrected chi connectivity index (χ3v) is 4.25. The van der Waals surface area contributed by atoms with Crippen LogP contribution in [0.3, 0.4) is 0 Å². The molecule has 1 aliphatic rings. The van der Waals surface area contributed by atoms with Crippen molar-refractivity contribution in [1.82, 2.24) is 5.32 Å². The summed E-state index contributed by atoms with van der Waals surface area (Å²) < 4.78 is 0. The van der Waals surface area contributed by atoms with Crippen LogP contribution in [0, 0.1) is 19.8 Å². The molecule has 2 aromatic rings. The van der Waals surface area contributed by atoms with Crippen molar-refractivity contribution in [3.05, 3.63) is 58.6 Å². The number of aliphatic imine (C=N–C) groups is 1. The van der Waals surface area contributed by atoms with Crippen LogP contribution in [0.1, 0.15) is 11.1 Å². The molecule has 1 saturated heterocycles. The Balaban J connectivity index is 1.90. The van der Waals surface area contributed by atoms with Crippen LogP contribution in [-0.4, -0.2) is 24.1 Å². The Morgan fingerprint density at radius 3 is 2.42 bits per heavy atom. The van der Waals surface area contributed by atoms with E-state index >= 15 is 0 Å². The monoisotopic (exact) mass is 369 g/mol. The number of hydrogen-bond acceptors (Lipinski definition) is 4. The summed E-state index contributed by atoms with van der Waals surface area (Å²) in [6.07, 6.45) is 1.27. The Morgan fingerprint density at radius 1 is 1.08 bits per heavy atom. The first-order chi connectivity index (χ1) is 12.4.